The van der Waals surface area contributed by atoms with Crippen molar-refractivity contribution in [1.82, 2.24) is 0 Å². The third-order valence-electron chi connectivity index (χ3n) is 3.93. The number of para-hydroxylation sites is 2. The lowest BCUT2D eigenvalue weighted by atomic mass is 10.1. The molecular weight excluding hydrogens is 348 g/mol. The summed E-state index contributed by atoms with van der Waals surface area (Å²) in [7, 11) is 0. The van der Waals surface area contributed by atoms with Crippen molar-refractivity contribution < 1.29 is 0 Å². The second-order valence-corrected chi connectivity index (χ2v) is 6.16. The molecule has 3 rings (SSSR count). The van der Waals surface area contributed by atoms with Gasteiger partial charge in [-0.15, -0.1) is 0 Å². The number of halogens is 2. The molecule has 1 aliphatic rings. The normalized spacial score (nSPS) is 15.3. The van der Waals surface area contributed by atoms with E-state index in [9.17, 15) is 0 Å². The Balaban J connectivity index is 1.75. The van der Waals surface area contributed by atoms with E-state index in [1.807, 2.05) is 12.1 Å². The maximum absolute atomic E-state index is 6.42. The number of piperazine rings is 1. The zero-order chi connectivity index (χ0) is 14.7. The smallest absolute Gasteiger partial charge is 0.0642 e. The van der Waals surface area contributed by atoms with Crippen molar-refractivity contribution >= 4 is 38.9 Å². The van der Waals surface area contributed by atoms with Gasteiger partial charge in [0.05, 0.1) is 10.7 Å². The van der Waals surface area contributed by atoms with Gasteiger partial charge >= 0.3 is 0 Å². The van der Waals surface area contributed by atoms with E-state index >= 15 is 0 Å². The molecule has 0 atom stereocenters. The van der Waals surface area contributed by atoms with Crippen LogP contribution in [0.25, 0.3) is 0 Å². The highest BCUT2D eigenvalue weighted by Gasteiger charge is 2.20. The lowest BCUT2D eigenvalue weighted by molar-refractivity contribution is 0.652. The molecule has 2 nitrogen and oxygen atoms in total. The van der Waals surface area contributed by atoms with Gasteiger partial charge in [-0.25, -0.2) is 0 Å². The van der Waals surface area contributed by atoms with Gasteiger partial charge in [0.2, 0.25) is 0 Å². The number of hydrogen-bond acceptors (Lipinski definition) is 2. The number of benzene rings is 2. The van der Waals surface area contributed by atoms with E-state index in [4.69, 9.17) is 11.6 Å². The van der Waals surface area contributed by atoms with E-state index in [-0.39, 0.29) is 0 Å². The maximum Gasteiger partial charge on any atom is 0.0642 e. The zero-order valence-corrected chi connectivity index (χ0v) is 14.1. The van der Waals surface area contributed by atoms with Gasteiger partial charge in [0.25, 0.3) is 0 Å². The van der Waals surface area contributed by atoms with Crippen LogP contribution in [-0.4, -0.2) is 26.2 Å². The summed E-state index contributed by atoms with van der Waals surface area (Å²) in [6, 6.07) is 16.7. The van der Waals surface area contributed by atoms with Gasteiger partial charge in [0, 0.05) is 37.2 Å². The van der Waals surface area contributed by atoms with E-state index < -0.39 is 0 Å². The van der Waals surface area contributed by atoms with Crippen molar-refractivity contribution in [3.05, 3.63) is 59.1 Å². The van der Waals surface area contributed by atoms with E-state index in [1.165, 1.54) is 16.9 Å². The highest BCUT2D eigenvalue weighted by atomic mass is 79.9. The largest absolute Gasteiger partial charge is 0.368 e. The first kappa shape index (κ1) is 14.7. The third-order valence-corrected chi connectivity index (χ3v) is 4.84. The summed E-state index contributed by atoms with van der Waals surface area (Å²) in [5.41, 5.74) is 3.75. The van der Waals surface area contributed by atoms with Crippen LogP contribution in [0.2, 0.25) is 5.02 Å². The maximum atomic E-state index is 6.42. The van der Waals surface area contributed by atoms with Gasteiger partial charge in [0.15, 0.2) is 0 Å². The molecule has 2 aromatic rings. The van der Waals surface area contributed by atoms with E-state index in [0.29, 0.717) is 0 Å². The molecule has 0 aliphatic carbocycles. The van der Waals surface area contributed by atoms with Crippen LogP contribution in [0.3, 0.4) is 0 Å². The molecule has 0 unspecified atom stereocenters. The van der Waals surface area contributed by atoms with Crippen LogP contribution in [0.4, 0.5) is 11.4 Å². The topological polar surface area (TPSA) is 6.48 Å². The lowest BCUT2D eigenvalue weighted by Gasteiger charge is -2.38. The van der Waals surface area contributed by atoms with Crippen LogP contribution >= 0.6 is 27.5 Å². The quantitative estimate of drug-likeness (QED) is 0.736. The Morgan fingerprint density at radius 2 is 1.52 bits per heavy atom. The second-order valence-electron chi connectivity index (χ2n) is 5.19. The highest BCUT2D eigenvalue weighted by Crippen LogP contribution is 2.32. The molecule has 0 bridgehead atoms. The molecule has 0 spiro atoms. The molecule has 1 saturated heterocycles. The molecule has 110 valence electrons. The molecule has 1 heterocycles. The third kappa shape index (κ3) is 3.19. The Morgan fingerprint density at radius 3 is 2.19 bits per heavy atom. The highest BCUT2D eigenvalue weighted by molar-refractivity contribution is 9.08. The zero-order valence-electron chi connectivity index (χ0n) is 11.8. The van der Waals surface area contributed by atoms with Crippen LogP contribution in [0, 0.1) is 0 Å². The van der Waals surface area contributed by atoms with Crippen molar-refractivity contribution in [2.24, 2.45) is 0 Å². The molecule has 0 saturated carbocycles. The van der Waals surface area contributed by atoms with Crippen molar-refractivity contribution in [1.29, 1.82) is 0 Å². The number of alkyl halides is 1. The fourth-order valence-electron chi connectivity index (χ4n) is 2.85. The van der Waals surface area contributed by atoms with Gasteiger partial charge in [-0.05, 0) is 23.8 Å². The Hall–Kier alpha value is -1.19. The lowest BCUT2D eigenvalue weighted by Crippen LogP contribution is -2.46. The molecule has 21 heavy (non-hydrogen) atoms. The van der Waals surface area contributed by atoms with E-state index in [1.54, 1.807) is 0 Å². The molecule has 1 fully saturated rings. The molecule has 0 amide bonds. The Kier molecular flexibility index (Phi) is 4.71. The predicted molar refractivity (Wildman–Crippen MR) is 95.0 cm³/mol. The van der Waals surface area contributed by atoms with Gasteiger partial charge in [-0.2, -0.15) is 0 Å². The van der Waals surface area contributed by atoms with Crippen LogP contribution in [0.15, 0.2) is 48.5 Å². The average molecular weight is 366 g/mol. The summed E-state index contributed by atoms with van der Waals surface area (Å²) in [4.78, 5) is 4.83. The van der Waals surface area contributed by atoms with Crippen LogP contribution < -0.4 is 9.80 Å². The summed E-state index contributed by atoms with van der Waals surface area (Å²) in [5, 5.41) is 1.68. The average Bonchev–Trinajstić information content (AvgIpc) is 2.55. The Bertz CT molecular complexity index is 595. The molecule has 0 N–H and O–H groups in total. The van der Waals surface area contributed by atoms with Gasteiger partial charge < -0.3 is 9.80 Å². The van der Waals surface area contributed by atoms with Gasteiger partial charge in [-0.1, -0.05) is 57.9 Å². The number of anilines is 2. The van der Waals surface area contributed by atoms with Gasteiger partial charge in [0.1, 0.15) is 0 Å². The van der Waals surface area contributed by atoms with Crippen LogP contribution in [0.1, 0.15) is 5.56 Å². The molecule has 0 aromatic heterocycles. The number of nitrogens with zero attached hydrogens (tertiary/aromatic N) is 2. The standard InChI is InChI=1S/C17H18BrClN2/c18-13-14-5-4-8-16(19)17(14)21-11-9-20(10-12-21)15-6-2-1-3-7-15/h1-8H,9-13H2. The monoisotopic (exact) mass is 364 g/mol. The summed E-state index contributed by atoms with van der Waals surface area (Å²) in [5.74, 6) is 0. The van der Waals surface area contributed by atoms with Crippen LogP contribution in [-0.2, 0) is 5.33 Å². The van der Waals surface area contributed by atoms with Crippen molar-refractivity contribution in [3.63, 3.8) is 0 Å². The predicted octanol–water partition coefficient (Wildman–Crippen LogP) is 4.56. The van der Waals surface area contributed by atoms with Crippen molar-refractivity contribution in [3.8, 4) is 0 Å². The molecule has 1 aliphatic heterocycles. The van der Waals surface area contributed by atoms with E-state index in [0.717, 1.165) is 36.5 Å². The fourth-order valence-corrected chi connectivity index (χ4v) is 3.62. The van der Waals surface area contributed by atoms with E-state index in [2.05, 4.69) is 62.1 Å². The molecule has 0 radical (unpaired) electrons. The molecule has 2 aromatic carbocycles. The summed E-state index contributed by atoms with van der Waals surface area (Å²) in [6.07, 6.45) is 0. The van der Waals surface area contributed by atoms with Gasteiger partial charge in [-0.3, -0.25) is 0 Å². The summed E-state index contributed by atoms with van der Waals surface area (Å²) < 4.78 is 0. The minimum atomic E-state index is 0.835. The first-order valence-electron chi connectivity index (χ1n) is 7.18. The first-order valence-corrected chi connectivity index (χ1v) is 8.68. The molecule has 4 heteroatoms. The number of rotatable bonds is 3. The first-order chi connectivity index (χ1) is 10.3. The Morgan fingerprint density at radius 1 is 0.857 bits per heavy atom. The SMILES string of the molecule is Clc1cccc(CBr)c1N1CCN(c2ccccc2)CC1. The summed E-state index contributed by atoms with van der Waals surface area (Å²) in [6.45, 7) is 4.05. The number of hydrogen-bond donors (Lipinski definition) is 0. The van der Waals surface area contributed by atoms with Crippen molar-refractivity contribution in [2.75, 3.05) is 36.0 Å². The fraction of sp³-hybridized carbons (Fsp3) is 0.294. The minimum Gasteiger partial charge on any atom is -0.368 e. The Labute approximate surface area is 139 Å². The summed E-state index contributed by atoms with van der Waals surface area (Å²) >= 11 is 9.98. The van der Waals surface area contributed by atoms with Crippen molar-refractivity contribution in [2.45, 2.75) is 5.33 Å². The van der Waals surface area contributed by atoms with Crippen LogP contribution in [0.5, 0.6) is 0 Å². The minimum absolute atomic E-state index is 0.835. The molecular formula is C17H18BrClN2. The second kappa shape index (κ2) is 6.71.